The zero-order valence-corrected chi connectivity index (χ0v) is 11.3. The third kappa shape index (κ3) is 3.77. The molecule has 0 aliphatic carbocycles. The van der Waals surface area contributed by atoms with Crippen molar-refractivity contribution >= 4 is 23.5 Å². The Morgan fingerprint density at radius 2 is 2.21 bits per heavy atom. The molecule has 5 nitrogen and oxygen atoms in total. The average molecular weight is 273 g/mol. The Labute approximate surface area is 115 Å². The van der Waals surface area contributed by atoms with Crippen LogP contribution in [0.4, 0.5) is 0 Å². The van der Waals surface area contributed by atoms with Gasteiger partial charge in [-0.3, -0.25) is 4.99 Å². The minimum absolute atomic E-state index is 0.641. The van der Waals surface area contributed by atoms with E-state index in [1.54, 1.807) is 12.1 Å². The van der Waals surface area contributed by atoms with E-state index in [1.165, 1.54) is 24.7 Å². The predicted octanol–water partition coefficient (Wildman–Crippen LogP) is 1.99. The Balaban J connectivity index is 3.03. The zero-order valence-electron chi connectivity index (χ0n) is 10.5. The molecule has 19 heavy (non-hydrogen) atoms. The normalized spacial score (nSPS) is 11.4. The van der Waals surface area contributed by atoms with E-state index in [0.29, 0.717) is 0 Å². The highest BCUT2D eigenvalue weighted by Crippen LogP contribution is 2.16. The largest absolute Gasteiger partial charge is 0.466 e. The summed E-state index contributed by atoms with van der Waals surface area (Å²) in [5.41, 5.74) is -0.708. The van der Waals surface area contributed by atoms with Crippen LogP contribution in [0, 0.1) is 29.6 Å². The maximum atomic E-state index is 11.0. The first-order chi connectivity index (χ1) is 9.06. The van der Waals surface area contributed by atoms with Gasteiger partial charge in [-0.25, -0.2) is 4.79 Å². The first-order valence-corrected chi connectivity index (χ1v) is 6.14. The molecule has 0 saturated heterocycles. The lowest BCUT2D eigenvalue weighted by atomic mass is 10.0. The van der Waals surface area contributed by atoms with Crippen LogP contribution in [-0.2, 0) is 9.53 Å². The standard InChI is InChI=1S/C13H11N3O2S/c1-10-4-6-19-11(10)7-16-13(8-14,9-15)5-3-12(17)18-2/h3-7H,1-2H3/b5-3+,16-7?. The monoisotopic (exact) mass is 273 g/mol. The molecule has 1 heterocycles. The molecule has 0 saturated carbocycles. The van der Waals surface area contributed by atoms with Crippen molar-refractivity contribution in [3.05, 3.63) is 34.0 Å². The Morgan fingerprint density at radius 1 is 1.53 bits per heavy atom. The van der Waals surface area contributed by atoms with Gasteiger partial charge in [-0.15, -0.1) is 11.3 Å². The Kier molecular flexibility index (Phi) is 4.99. The summed E-state index contributed by atoms with van der Waals surface area (Å²) in [7, 11) is 1.21. The molecular weight excluding hydrogens is 262 g/mol. The molecule has 96 valence electrons. The molecule has 0 spiro atoms. The van der Waals surface area contributed by atoms with Gasteiger partial charge in [-0.2, -0.15) is 10.5 Å². The fraction of sp³-hybridized carbons (Fsp3) is 0.231. The molecule has 0 amide bonds. The fourth-order valence-electron chi connectivity index (χ4n) is 1.13. The molecule has 1 aromatic rings. The lowest BCUT2D eigenvalue weighted by Gasteiger charge is -2.06. The van der Waals surface area contributed by atoms with E-state index >= 15 is 0 Å². The van der Waals surface area contributed by atoms with Gasteiger partial charge in [0.25, 0.3) is 5.54 Å². The van der Waals surface area contributed by atoms with Crippen LogP contribution in [0.25, 0.3) is 0 Å². The number of methoxy groups -OCH3 is 1. The van der Waals surface area contributed by atoms with Gasteiger partial charge in [-0.1, -0.05) is 0 Å². The van der Waals surface area contributed by atoms with Crippen LogP contribution < -0.4 is 0 Å². The molecular formula is C13H11N3O2S. The summed E-state index contributed by atoms with van der Waals surface area (Å²) in [6.45, 7) is 1.91. The van der Waals surface area contributed by atoms with Gasteiger partial charge in [0, 0.05) is 17.2 Å². The summed E-state index contributed by atoms with van der Waals surface area (Å²) in [6.07, 6.45) is 3.61. The lowest BCUT2D eigenvalue weighted by Crippen LogP contribution is -2.19. The van der Waals surface area contributed by atoms with E-state index in [2.05, 4.69) is 9.73 Å². The van der Waals surface area contributed by atoms with Crippen LogP contribution in [-0.4, -0.2) is 24.8 Å². The molecule has 0 fully saturated rings. The first-order valence-electron chi connectivity index (χ1n) is 5.26. The van der Waals surface area contributed by atoms with E-state index in [1.807, 2.05) is 18.4 Å². The van der Waals surface area contributed by atoms with Crippen molar-refractivity contribution in [2.24, 2.45) is 4.99 Å². The van der Waals surface area contributed by atoms with E-state index in [-0.39, 0.29) is 0 Å². The van der Waals surface area contributed by atoms with Crippen molar-refractivity contribution in [3.8, 4) is 12.1 Å². The highest BCUT2D eigenvalue weighted by atomic mass is 32.1. The quantitative estimate of drug-likeness (QED) is 0.477. The number of nitrogens with zero attached hydrogens (tertiary/aromatic N) is 3. The second-order valence-electron chi connectivity index (χ2n) is 3.57. The van der Waals surface area contributed by atoms with Gasteiger partial charge in [0.2, 0.25) is 0 Å². The van der Waals surface area contributed by atoms with Crippen LogP contribution in [0.5, 0.6) is 0 Å². The highest BCUT2D eigenvalue weighted by Gasteiger charge is 2.25. The van der Waals surface area contributed by atoms with Gasteiger partial charge in [-0.05, 0) is 30.0 Å². The molecule has 1 aromatic heterocycles. The molecule has 0 aliphatic heterocycles. The van der Waals surface area contributed by atoms with E-state index in [9.17, 15) is 4.79 Å². The SMILES string of the molecule is COC(=O)/C=C/C(C#N)(C#N)N=Cc1sccc1C. The summed E-state index contributed by atoms with van der Waals surface area (Å²) in [5.74, 6) is -0.641. The van der Waals surface area contributed by atoms with Crippen LogP contribution >= 0.6 is 11.3 Å². The summed E-state index contributed by atoms with van der Waals surface area (Å²) < 4.78 is 4.41. The highest BCUT2D eigenvalue weighted by molar-refractivity contribution is 7.11. The number of carbonyl (C=O) groups excluding carboxylic acids is 1. The third-order valence-corrected chi connectivity index (χ3v) is 3.24. The molecule has 0 unspecified atom stereocenters. The van der Waals surface area contributed by atoms with Crippen molar-refractivity contribution in [1.82, 2.24) is 0 Å². The summed E-state index contributed by atoms with van der Waals surface area (Å²) >= 11 is 1.46. The maximum absolute atomic E-state index is 11.0. The number of aryl methyl sites for hydroxylation is 1. The molecule has 6 heteroatoms. The van der Waals surface area contributed by atoms with Gasteiger partial charge in [0.05, 0.1) is 7.11 Å². The van der Waals surface area contributed by atoms with Gasteiger partial charge < -0.3 is 4.74 Å². The van der Waals surface area contributed by atoms with E-state index in [0.717, 1.165) is 22.6 Å². The molecule has 1 rings (SSSR count). The number of rotatable bonds is 4. The van der Waals surface area contributed by atoms with Gasteiger partial charge in [0.15, 0.2) is 0 Å². The topological polar surface area (TPSA) is 86.2 Å². The van der Waals surface area contributed by atoms with Gasteiger partial charge >= 0.3 is 5.97 Å². The summed E-state index contributed by atoms with van der Waals surface area (Å²) in [6, 6.07) is 5.47. The number of ether oxygens (including phenoxy) is 1. The lowest BCUT2D eigenvalue weighted by molar-refractivity contribution is -0.134. The molecule has 0 aliphatic rings. The van der Waals surface area contributed by atoms with Crippen molar-refractivity contribution in [3.63, 3.8) is 0 Å². The van der Waals surface area contributed by atoms with Crippen molar-refractivity contribution in [1.29, 1.82) is 10.5 Å². The molecule has 0 atom stereocenters. The number of hydrogen-bond acceptors (Lipinski definition) is 6. The minimum Gasteiger partial charge on any atom is -0.466 e. The Bertz CT molecular complexity index is 588. The average Bonchev–Trinajstić information content (AvgIpc) is 2.85. The Morgan fingerprint density at radius 3 is 2.68 bits per heavy atom. The minimum atomic E-state index is -1.72. The fourth-order valence-corrected chi connectivity index (χ4v) is 1.92. The third-order valence-electron chi connectivity index (χ3n) is 2.29. The van der Waals surface area contributed by atoms with Crippen molar-refractivity contribution < 1.29 is 9.53 Å². The first kappa shape index (κ1) is 14.6. The van der Waals surface area contributed by atoms with Gasteiger partial charge in [0.1, 0.15) is 12.1 Å². The molecule has 0 bridgehead atoms. The van der Waals surface area contributed by atoms with Crippen LogP contribution in [0.1, 0.15) is 10.4 Å². The van der Waals surface area contributed by atoms with Crippen molar-refractivity contribution in [2.75, 3.05) is 7.11 Å². The van der Waals surface area contributed by atoms with E-state index < -0.39 is 11.5 Å². The smallest absolute Gasteiger partial charge is 0.330 e. The zero-order chi connectivity index (χ0) is 14.3. The number of hydrogen-bond donors (Lipinski definition) is 0. The number of aliphatic imine (C=N–C) groups is 1. The molecule has 0 aromatic carbocycles. The molecule has 0 radical (unpaired) electrons. The summed E-state index contributed by atoms with van der Waals surface area (Å²) in [4.78, 5) is 15.8. The number of thiophene rings is 1. The maximum Gasteiger partial charge on any atom is 0.330 e. The second-order valence-corrected chi connectivity index (χ2v) is 4.52. The van der Waals surface area contributed by atoms with E-state index in [4.69, 9.17) is 10.5 Å². The van der Waals surface area contributed by atoms with Crippen molar-refractivity contribution in [2.45, 2.75) is 12.5 Å². The summed E-state index contributed by atoms with van der Waals surface area (Å²) in [5, 5.41) is 20.0. The number of esters is 1. The second kappa shape index (κ2) is 6.48. The van der Waals surface area contributed by atoms with Crippen LogP contribution in [0.2, 0.25) is 0 Å². The Hall–Kier alpha value is -2.44. The van der Waals surface area contributed by atoms with Crippen LogP contribution in [0.15, 0.2) is 28.6 Å². The molecule has 0 N–H and O–H groups in total. The predicted molar refractivity (Wildman–Crippen MR) is 71.8 cm³/mol. The number of nitriles is 2. The number of carbonyl (C=O) groups is 1. The van der Waals surface area contributed by atoms with Crippen LogP contribution in [0.3, 0.4) is 0 Å².